The van der Waals surface area contributed by atoms with E-state index in [2.05, 4.69) is 20.6 Å². The summed E-state index contributed by atoms with van der Waals surface area (Å²) in [5.41, 5.74) is 0.865. The van der Waals surface area contributed by atoms with E-state index in [0.29, 0.717) is 18.4 Å². The van der Waals surface area contributed by atoms with Crippen LogP contribution >= 0.6 is 0 Å². The molecule has 0 aliphatic carbocycles. The molecule has 0 unspecified atom stereocenters. The van der Waals surface area contributed by atoms with Gasteiger partial charge in [-0.1, -0.05) is 6.07 Å². The molecule has 0 saturated heterocycles. The van der Waals surface area contributed by atoms with E-state index < -0.39 is 12.6 Å². The van der Waals surface area contributed by atoms with Gasteiger partial charge in [-0.15, -0.1) is 0 Å². The number of hydrogen-bond donors (Lipinski definition) is 2. The van der Waals surface area contributed by atoms with E-state index in [0.717, 1.165) is 5.56 Å². The molecule has 0 atom stereocenters. The van der Waals surface area contributed by atoms with Gasteiger partial charge in [0.15, 0.2) is 5.96 Å². The van der Waals surface area contributed by atoms with Crippen LogP contribution < -0.4 is 15.4 Å². The minimum Gasteiger partial charge on any atom is -0.481 e. The van der Waals surface area contributed by atoms with Crippen LogP contribution in [-0.2, 0) is 6.54 Å². The maximum Gasteiger partial charge on any atom is 0.390 e. The van der Waals surface area contributed by atoms with Gasteiger partial charge in [-0.3, -0.25) is 4.99 Å². The van der Waals surface area contributed by atoms with Crippen LogP contribution in [0, 0.1) is 0 Å². The fourth-order valence-corrected chi connectivity index (χ4v) is 1.37. The molecular formula is C12H17F3N4O. The maximum absolute atomic E-state index is 12.0. The molecule has 0 aromatic carbocycles. The number of alkyl halides is 3. The SMILES string of the molecule is CN=C(NCCC(F)(F)F)NCc1ccc(OC)nc1. The van der Waals surface area contributed by atoms with E-state index in [4.69, 9.17) is 4.74 Å². The lowest BCUT2D eigenvalue weighted by molar-refractivity contribution is -0.132. The molecule has 0 spiro atoms. The summed E-state index contributed by atoms with van der Waals surface area (Å²) in [5.74, 6) is 0.812. The summed E-state index contributed by atoms with van der Waals surface area (Å²) in [5, 5.41) is 5.49. The zero-order valence-corrected chi connectivity index (χ0v) is 11.3. The first-order valence-corrected chi connectivity index (χ1v) is 5.95. The zero-order chi connectivity index (χ0) is 15.0. The number of nitrogens with one attached hydrogen (secondary N) is 2. The van der Waals surface area contributed by atoms with E-state index in [1.807, 2.05) is 6.07 Å². The van der Waals surface area contributed by atoms with Crippen molar-refractivity contribution in [2.45, 2.75) is 19.1 Å². The number of methoxy groups -OCH3 is 1. The fourth-order valence-electron chi connectivity index (χ4n) is 1.37. The topological polar surface area (TPSA) is 58.5 Å². The van der Waals surface area contributed by atoms with Crippen LogP contribution in [-0.4, -0.2) is 37.8 Å². The molecule has 0 bridgehead atoms. The van der Waals surface area contributed by atoms with Gasteiger partial charge in [0.1, 0.15) is 0 Å². The number of halogens is 3. The van der Waals surface area contributed by atoms with Gasteiger partial charge < -0.3 is 15.4 Å². The quantitative estimate of drug-likeness (QED) is 0.640. The number of guanidine groups is 1. The molecule has 1 aromatic heterocycles. The Hall–Kier alpha value is -1.99. The molecule has 0 fully saturated rings. The molecule has 20 heavy (non-hydrogen) atoms. The van der Waals surface area contributed by atoms with Gasteiger partial charge >= 0.3 is 6.18 Å². The summed E-state index contributed by atoms with van der Waals surface area (Å²) >= 11 is 0. The first-order chi connectivity index (χ1) is 9.44. The third-order valence-corrected chi connectivity index (χ3v) is 2.39. The standard InChI is InChI=1S/C12H17F3N4O/c1-16-11(17-6-5-12(13,14)15)19-8-9-3-4-10(20-2)18-7-9/h3-4,7H,5-6,8H2,1-2H3,(H2,16,17,19). The second kappa shape index (κ2) is 7.56. The first kappa shape index (κ1) is 16.1. The summed E-state index contributed by atoms with van der Waals surface area (Å²) in [6.07, 6.45) is -3.46. The average molecular weight is 290 g/mol. The normalized spacial score (nSPS) is 12.2. The summed E-state index contributed by atoms with van der Waals surface area (Å²) < 4.78 is 41.0. The van der Waals surface area contributed by atoms with E-state index in [-0.39, 0.29) is 6.54 Å². The van der Waals surface area contributed by atoms with Crippen molar-refractivity contribution in [1.29, 1.82) is 0 Å². The minimum absolute atomic E-state index is 0.218. The van der Waals surface area contributed by atoms with E-state index in [9.17, 15) is 13.2 Å². The summed E-state index contributed by atoms with van der Waals surface area (Å²) in [6, 6.07) is 3.51. The van der Waals surface area contributed by atoms with Crippen molar-refractivity contribution in [2.75, 3.05) is 20.7 Å². The van der Waals surface area contributed by atoms with Crippen molar-refractivity contribution in [3.05, 3.63) is 23.9 Å². The smallest absolute Gasteiger partial charge is 0.390 e. The van der Waals surface area contributed by atoms with Crippen LogP contribution in [0.2, 0.25) is 0 Å². The highest BCUT2D eigenvalue weighted by atomic mass is 19.4. The molecule has 1 rings (SSSR count). The highest BCUT2D eigenvalue weighted by Crippen LogP contribution is 2.18. The maximum atomic E-state index is 12.0. The Morgan fingerprint density at radius 3 is 2.60 bits per heavy atom. The van der Waals surface area contributed by atoms with Gasteiger partial charge in [0.25, 0.3) is 0 Å². The molecule has 112 valence electrons. The van der Waals surface area contributed by atoms with Crippen LogP contribution in [0.25, 0.3) is 0 Å². The van der Waals surface area contributed by atoms with Crippen molar-refractivity contribution in [1.82, 2.24) is 15.6 Å². The lowest BCUT2D eigenvalue weighted by Gasteiger charge is -2.12. The summed E-state index contributed by atoms with van der Waals surface area (Å²) in [4.78, 5) is 7.86. The van der Waals surface area contributed by atoms with Crippen LogP contribution in [0.1, 0.15) is 12.0 Å². The Kier molecular flexibility index (Phi) is 6.08. The van der Waals surface area contributed by atoms with Crippen LogP contribution in [0.4, 0.5) is 13.2 Å². The Balaban J connectivity index is 2.37. The second-order valence-corrected chi connectivity index (χ2v) is 3.93. The molecule has 0 aliphatic heterocycles. The van der Waals surface area contributed by atoms with Crippen molar-refractivity contribution in [2.24, 2.45) is 4.99 Å². The number of aromatic nitrogens is 1. The minimum atomic E-state index is -4.17. The molecule has 8 heteroatoms. The van der Waals surface area contributed by atoms with Crippen LogP contribution in [0.15, 0.2) is 23.3 Å². The molecule has 1 heterocycles. The van der Waals surface area contributed by atoms with Gasteiger partial charge in [0.05, 0.1) is 13.5 Å². The molecule has 2 N–H and O–H groups in total. The van der Waals surface area contributed by atoms with Crippen LogP contribution in [0.5, 0.6) is 5.88 Å². The van der Waals surface area contributed by atoms with Gasteiger partial charge in [0, 0.05) is 32.4 Å². The third kappa shape index (κ3) is 6.26. The monoisotopic (exact) mass is 290 g/mol. The molecule has 0 amide bonds. The Morgan fingerprint density at radius 1 is 1.35 bits per heavy atom. The van der Waals surface area contributed by atoms with Gasteiger partial charge in [-0.2, -0.15) is 13.2 Å². The number of rotatable bonds is 5. The van der Waals surface area contributed by atoms with Gasteiger partial charge in [-0.05, 0) is 5.56 Å². The Labute approximate surface area is 115 Å². The van der Waals surface area contributed by atoms with Gasteiger partial charge in [-0.25, -0.2) is 4.98 Å². The van der Waals surface area contributed by atoms with Gasteiger partial charge in [0.2, 0.25) is 5.88 Å². The van der Waals surface area contributed by atoms with E-state index in [1.165, 1.54) is 14.2 Å². The van der Waals surface area contributed by atoms with Crippen molar-refractivity contribution >= 4 is 5.96 Å². The lowest BCUT2D eigenvalue weighted by atomic mass is 10.3. The lowest BCUT2D eigenvalue weighted by Crippen LogP contribution is -2.38. The molecular weight excluding hydrogens is 273 g/mol. The third-order valence-electron chi connectivity index (χ3n) is 2.39. The van der Waals surface area contributed by atoms with Crippen molar-refractivity contribution in [3.63, 3.8) is 0 Å². The predicted molar refractivity (Wildman–Crippen MR) is 69.7 cm³/mol. The van der Waals surface area contributed by atoms with E-state index in [1.54, 1.807) is 12.3 Å². The molecule has 1 aromatic rings. The number of nitrogens with zero attached hydrogens (tertiary/aromatic N) is 2. The van der Waals surface area contributed by atoms with Crippen molar-refractivity contribution < 1.29 is 17.9 Å². The highest BCUT2D eigenvalue weighted by Gasteiger charge is 2.26. The second-order valence-electron chi connectivity index (χ2n) is 3.93. The summed E-state index contributed by atoms with van der Waals surface area (Å²) in [6.45, 7) is 0.187. The molecule has 0 aliphatic rings. The summed E-state index contributed by atoms with van der Waals surface area (Å²) in [7, 11) is 3.02. The fraction of sp³-hybridized carbons (Fsp3) is 0.500. The Bertz CT molecular complexity index is 431. The van der Waals surface area contributed by atoms with Crippen molar-refractivity contribution in [3.8, 4) is 5.88 Å². The first-order valence-electron chi connectivity index (χ1n) is 5.95. The van der Waals surface area contributed by atoms with Crippen LogP contribution in [0.3, 0.4) is 0 Å². The number of pyridine rings is 1. The highest BCUT2D eigenvalue weighted by molar-refractivity contribution is 5.79. The largest absolute Gasteiger partial charge is 0.481 e. The predicted octanol–water partition coefficient (Wildman–Crippen LogP) is 1.71. The Morgan fingerprint density at radius 2 is 2.10 bits per heavy atom. The number of hydrogen-bond acceptors (Lipinski definition) is 3. The molecule has 0 saturated carbocycles. The number of aliphatic imine (C=N–C) groups is 1. The average Bonchev–Trinajstić information content (AvgIpc) is 2.42. The zero-order valence-electron chi connectivity index (χ0n) is 11.3. The molecule has 5 nitrogen and oxygen atoms in total. The number of ether oxygens (including phenoxy) is 1. The van der Waals surface area contributed by atoms with E-state index >= 15 is 0 Å². The molecule has 0 radical (unpaired) electrons.